The summed E-state index contributed by atoms with van der Waals surface area (Å²) in [7, 11) is 1.53. The molecule has 0 atom stereocenters. The van der Waals surface area contributed by atoms with E-state index in [9.17, 15) is 14.7 Å². The summed E-state index contributed by atoms with van der Waals surface area (Å²) in [5.41, 5.74) is 1.41. The van der Waals surface area contributed by atoms with Gasteiger partial charge in [-0.2, -0.15) is 0 Å². The number of aliphatic hydroxyl groups is 1. The van der Waals surface area contributed by atoms with Gasteiger partial charge in [0.15, 0.2) is 0 Å². The van der Waals surface area contributed by atoms with Gasteiger partial charge in [0.2, 0.25) is 0 Å². The van der Waals surface area contributed by atoms with Gasteiger partial charge in [-0.3, -0.25) is 9.59 Å². The summed E-state index contributed by atoms with van der Waals surface area (Å²) in [4.78, 5) is 27.8. The van der Waals surface area contributed by atoms with Crippen LogP contribution in [0.15, 0.2) is 53.4 Å². The number of aliphatic hydroxyl groups excluding tert-OH is 1. The summed E-state index contributed by atoms with van der Waals surface area (Å²) >= 11 is 1.18. The highest BCUT2D eigenvalue weighted by Crippen LogP contribution is 2.39. The second-order valence-corrected chi connectivity index (χ2v) is 7.40. The van der Waals surface area contributed by atoms with Crippen molar-refractivity contribution in [1.29, 1.82) is 0 Å². The smallest absolute Gasteiger partial charge is 0.272 e. The molecule has 0 spiro atoms. The molecule has 1 heterocycles. The lowest BCUT2D eigenvalue weighted by molar-refractivity contribution is -0.119. The highest BCUT2D eigenvalue weighted by Gasteiger charge is 2.40. The average Bonchev–Trinajstić information content (AvgIpc) is 3.00. The third-order valence-corrected chi connectivity index (χ3v) is 5.36. The third-order valence-electron chi connectivity index (χ3n) is 4.31. The van der Waals surface area contributed by atoms with E-state index in [2.05, 4.69) is 0 Å². The Morgan fingerprint density at radius 3 is 2.45 bits per heavy atom. The number of anilines is 1. The first kappa shape index (κ1) is 21.0. The van der Waals surface area contributed by atoms with E-state index in [-0.39, 0.29) is 6.61 Å². The second kappa shape index (κ2) is 9.62. The molecule has 1 aliphatic rings. The fourth-order valence-electron chi connectivity index (χ4n) is 2.97. The molecule has 0 fully saturated rings. The van der Waals surface area contributed by atoms with Gasteiger partial charge in [0, 0.05) is 11.8 Å². The summed E-state index contributed by atoms with van der Waals surface area (Å²) in [6.07, 6.45) is 0.900. The molecule has 152 valence electrons. The Balaban J connectivity index is 1.98. The molecule has 2 amide bonds. The van der Waals surface area contributed by atoms with Gasteiger partial charge >= 0.3 is 0 Å². The zero-order valence-electron chi connectivity index (χ0n) is 16.4. The minimum atomic E-state index is -0.400. The van der Waals surface area contributed by atoms with Crippen molar-refractivity contribution in [3.63, 3.8) is 0 Å². The first-order valence-electron chi connectivity index (χ1n) is 9.34. The lowest BCUT2D eigenvalue weighted by Gasteiger charge is -2.16. The van der Waals surface area contributed by atoms with Gasteiger partial charge in [-0.25, -0.2) is 4.90 Å². The Labute approximate surface area is 174 Å². The Morgan fingerprint density at radius 1 is 1.03 bits per heavy atom. The van der Waals surface area contributed by atoms with E-state index in [1.807, 2.05) is 6.92 Å². The summed E-state index contributed by atoms with van der Waals surface area (Å²) in [6.45, 7) is 2.55. The van der Waals surface area contributed by atoms with Gasteiger partial charge in [0.25, 0.3) is 11.8 Å². The standard InChI is InChI=1S/C22H23NO5S/c1-3-12-28-17-9-7-15(8-10-17)19-20(29-13-11-24)22(26)23(21(19)25)16-5-4-6-18(14-16)27-2/h4-10,14,24H,3,11-13H2,1-2H3. The molecule has 0 aromatic heterocycles. The van der Waals surface area contributed by atoms with E-state index in [1.54, 1.807) is 48.5 Å². The number of benzene rings is 2. The summed E-state index contributed by atoms with van der Waals surface area (Å²) in [5.74, 6) is 0.788. The SMILES string of the molecule is CCCOc1ccc(C2=C(SCCO)C(=O)N(c3cccc(OC)c3)C2=O)cc1. The van der Waals surface area contributed by atoms with Crippen LogP contribution in [0.1, 0.15) is 18.9 Å². The van der Waals surface area contributed by atoms with E-state index in [0.717, 1.165) is 11.3 Å². The number of methoxy groups -OCH3 is 1. The van der Waals surface area contributed by atoms with Crippen molar-refractivity contribution in [1.82, 2.24) is 0 Å². The van der Waals surface area contributed by atoms with Crippen LogP contribution < -0.4 is 14.4 Å². The number of ether oxygens (including phenoxy) is 2. The van der Waals surface area contributed by atoms with Crippen molar-refractivity contribution >= 4 is 34.8 Å². The lowest BCUT2D eigenvalue weighted by Crippen LogP contribution is -2.31. The van der Waals surface area contributed by atoms with E-state index >= 15 is 0 Å². The van der Waals surface area contributed by atoms with Crippen LogP contribution in [0.25, 0.3) is 5.57 Å². The largest absolute Gasteiger partial charge is 0.497 e. The van der Waals surface area contributed by atoms with Crippen LogP contribution in [0, 0.1) is 0 Å². The molecular formula is C22H23NO5S. The number of thioether (sulfide) groups is 1. The molecular weight excluding hydrogens is 390 g/mol. The van der Waals surface area contributed by atoms with Crippen LogP contribution in [0.4, 0.5) is 5.69 Å². The minimum Gasteiger partial charge on any atom is -0.497 e. The van der Waals surface area contributed by atoms with Crippen molar-refractivity contribution in [2.24, 2.45) is 0 Å². The maximum Gasteiger partial charge on any atom is 0.272 e. The quantitative estimate of drug-likeness (QED) is 0.634. The molecule has 0 saturated carbocycles. The van der Waals surface area contributed by atoms with Crippen LogP contribution in [0.3, 0.4) is 0 Å². The molecule has 0 aliphatic carbocycles. The summed E-state index contributed by atoms with van der Waals surface area (Å²) in [5, 5.41) is 9.22. The Morgan fingerprint density at radius 2 is 1.79 bits per heavy atom. The lowest BCUT2D eigenvalue weighted by atomic mass is 10.1. The zero-order valence-corrected chi connectivity index (χ0v) is 17.2. The first-order chi connectivity index (χ1) is 14.1. The number of amides is 2. The van der Waals surface area contributed by atoms with E-state index in [4.69, 9.17) is 9.47 Å². The highest BCUT2D eigenvalue weighted by atomic mass is 32.2. The maximum absolute atomic E-state index is 13.2. The number of imide groups is 1. The Kier molecular flexibility index (Phi) is 6.95. The number of carbonyl (C=O) groups is 2. The third kappa shape index (κ3) is 4.46. The normalized spacial score (nSPS) is 14.0. The van der Waals surface area contributed by atoms with Gasteiger partial charge in [0.05, 0.1) is 36.5 Å². The first-order valence-corrected chi connectivity index (χ1v) is 10.3. The molecule has 6 nitrogen and oxygen atoms in total. The fourth-order valence-corrected chi connectivity index (χ4v) is 3.83. The van der Waals surface area contributed by atoms with Crippen molar-refractivity contribution in [3.8, 4) is 11.5 Å². The van der Waals surface area contributed by atoms with Crippen molar-refractivity contribution in [2.75, 3.05) is 31.0 Å². The molecule has 0 saturated heterocycles. The maximum atomic E-state index is 13.2. The molecule has 2 aromatic rings. The van der Waals surface area contributed by atoms with Crippen molar-refractivity contribution < 1.29 is 24.2 Å². The van der Waals surface area contributed by atoms with E-state index in [0.29, 0.717) is 45.6 Å². The molecule has 7 heteroatoms. The monoisotopic (exact) mass is 413 g/mol. The topological polar surface area (TPSA) is 76.1 Å². The van der Waals surface area contributed by atoms with Gasteiger partial charge < -0.3 is 14.6 Å². The Bertz CT molecular complexity index is 923. The number of hydrogen-bond donors (Lipinski definition) is 1. The summed E-state index contributed by atoms with van der Waals surface area (Å²) in [6, 6.07) is 14.0. The molecule has 29 heavy (non-hydrogen) atoms. The van der Waals surface area contributed by atoms with Crippen LogP contribution in [0.2, 0.25) is 0 Å². The predicted molar refractivity (Wildman–Crippen MR) is 114 cm³/mol. The second-order valence-electron chi connectivity index (χ2n) is 6.30. The van der Waals surface area contributed by atoms with Gasteiger partial charge in [-0.1, -0.05) is 25.1 Å². The molecule has 0 radical (unpaired) electrons. The highest BCUT2D eigenvalue weighted by molar-refractivity contribution is 8.04. The average molecular weight is 413 g/mol. The predicted octanol–water partition coefficient (Wildman–Crippen LogP) is 3.49. The van der Waals surface area contributed by atoms with Crippen molar-refractivity contribution in [2.45, 2.75) is 13.3 Å². The van der Waals surface area contributed by atoms with Gasteiger partial charge in [0.1, 0.15) is 11.5 Å². The number of rotatable bonds is 9. The summed E-state index contributed by atoms with van der Waals surface area (Å²) < 4.78 is 10.8. The van der Waals surface area contributed by atoms with Crippen molar-refractivity contribution in [3.05, 3.63) is 59.0 Å². The number of hydrogen-bond acceptors (Lipinski definition) is 6. The van der Waals surface area contributed by atoms with Gasteiger partial charge in [-0.05, 0) is 36.2 Å². The number of carbonyl (C=O) groups excluding carboxylic acids is 2. The molecule has 1 aliphatic heterocycles. The van der Waals surface area contributed by atoms with Crippen LogP contribution in [0.5, 0.6) is 11.5 Å². The zero-order chi connectivity index (χ0) is 20.8. The van der Waals surface area contributed by atoms with E-state index < -0.39 is 11.8 Å². The number of nitrogens with zero attached hydrogens (tertiary/aromatic N) is 1. The molecule has 0 bridgehead atoms. The van der Waals surface area contributed by atoms with Crippen LogP contribution in [-0.4, -0.2) is 43.0 Å². The molecule has 0 unspecified atom stereocenters. The molecule has 1 N–H and O–H groups in total. The van der Waals surface area contributed by atoms with Gasteiger partial charge in [-0.15, -0.1) is 11.8 Å². The minimum absolute atomic E-state index is 0.0914. The van der Waals surface area contributed by atoms with Crippen LogP contribution in [-0.2, 0) is 9.59 Å². The Hall–Kier alpha value is -2.77. The molecule has 3 rings (SSSR count). The van der Waals surface area contributed by atoms with Crippen LogP contribution >= 0.6 is 11.8 Å². The fraction of sp³-hybridized carbons (Fsp3) is 0.273. The van der Waals surface area contributed by atoms with E-state index in [1.165, 1.54) is 18.9 Å². The molecule has 2 aromatic carbocycles.